The maximum Gasteiger partial charge on any atom is 0.293 e. The average molecular weight is 344 g/mol. The standard InChI is InChI=1S/C18H24N4O3/c1-12-10-19-17(20-12)15-11-24-8-7-22(15)18(23)16-9-14(21-25-16)13-5-3-2-4-6-13/h9-10,13,15H,2-8,11H2,1H3,(H,19,20). The van der Waals surface area contributed by atoms with Crippen LogP contribution in [0.5, 0.6) is 0 Å². The maximum absolute atomic E-state index is 13.0. The number of amides is 1. The Labute approximate surface area is 146 Å². The third-order valence-electron chi connectivity index (χ3n) is 5.19. The van der Waals surface area contributed by atoms with Gasteiger partial charge in [0, 0.05) is 30.4 Å². The molecule has 0 spiro atoms. The van der Waals surface area contributed by atoms with E-state index < -0.39 is 0 Å². The van der Waals surface area contributed by atoms with Crippen molar-refractivity contribution in [1.29, 1.82) is 0 Å². The molecule has 1 aliphatic heterocycles. The highest BCUT2D eigenvalue weighted by molar-refractivity contribution is 5.91. The van der Waals surface area contributed by atoms with Crippen molar-refractivity contribution in [2.45, 2.75) is 51.0 Å². The summed E-state index contributed by atoms with van der Waals surface area (Å²) in [5.74, 6) is 1.34. The Morgan fingerprint density at radius 2 is 2.16 bits per heavy atom. The van der Waals surface area contributed by atoms with Gasteiger partial charge in [-0.15, -0.1) is 0 Å². The van der Waals surface area contributed by atoms with Crippen LogP contribution in [0.15, 0.2) is 16.8 Å². The number of ether oxygens (including phenoxy) is 1. The fraction of sp³-hybridized carbons (Fsp3) is 0.611. The van der Waals surface area contributed by atoms with Gasteiger partial charge in [-0.3, -0.25) is 4.79 Å². The molecule has 3 heterocycles. The summed E-state index contributed by atoms with van der Waals surface area (Å²) in [6, 6.07) is 1.61. The van der Waals surface area contributed by atoms with Crippen LogP contribution in [0, 0.1) is 6.92 Å². The minimum Gasteiger partial charge on any atom is -0.377 e. The molecule has 1 saturated heterocycles. The van der Waals surface area contributed by atoms with Crippen molar-refractivity contribution in [2.75, 3.05) is 19.8 Å². The summed E-state index contributed by atoms with van der Waals surface area (Å²) >= 11 is 0. The van der Waals surface area contributed by atoms with Gasteiger partial charge in [0.2, 0.25) is 5.76 Å². The van der Waals surface area contributed by atoms with Gasteiger partial charge in [-0.05, 0) is 19.8 Å². The molecule has 1 unspecified atom stereocenters. The van der Waals surface area contributed by atoms with E-state index >= 15 is 0 Å². The van der Waals surface area contributed by atoms with Gasteiger partial charge in [-0.25, -0.2) is 4.98 Å². The highest BCUT2D eigenvalue weighted by atomic mass is 16.5. The molecule has 1 atom stereocenters. The van der Waals surface area contributed by atoms with Crippen LogP contribution in [0.3, 0.4) is 0 Å². The quantitative estimate of drug-likeness (QED) is 0.925. The van der Waals surface area contributed by atoms with E-state index in [4.69, 9.17) is 9.26 Å². The summed E-state index contributed by atoms with van der Waals surface area (Å²) < 4.78 is 11.0. The molecule has 0 bridgehead atoms. The predicted molar refractivity (Wildman–Crippen MR) is 90.3 cm³/mol. The van der Waals surface area contributed by atoms with Gasteiger partial charge < -0.3 is 19.1 Å². The fourth-order valence-electron chi connectivity index (χ4n) is 3.80. The lowest BCUT2D eigenvalue weighted by atomic mass is 9.87. The molecule has 0 aromatic carbocycles. The number of aromatic amines is 1. The van der Waals surface area contributed by atoms with Crippen molar-refractivity contribution in [3.8, 4) is 0 Å². The van der Waals surface area contributed by atoms with E-state index in [2.05, 4.69) is 15.1 Å². The number of nitrogens with zero attached hydrogens (tertiary/aromatic N) is 3. The summed E-state index contributed by atoms with van der Waals surface area (Å²) in [7, 11) is 0. The lowest BCUT2D eigenvalue weighted by Gasteiger charge is -2.33. The van der Waals surface area contributed by atoms with Crippen LogP contribution in [0.25, 0.3) is 0 Å². The smallest absolute Gasteiger partial charge is 0.293 e. The lowest BCUT2D eigenvalue weighted by molar-refractivity contribution is -0.00692. The predicted octanol–water partition coefficient (Wildman–Crippen LogP) is 2.97. The van der Waals surface area contributed by atoms with Crippen LogP contribution in [-0.4, -0.2) is 45.7 Å². The van der Waals surface area contributed by atoms with Gasteiger partial charge >= 0.3 is 0 Å². The highest BCUT2D eigenvalue weighted by Crippen LogP contribution is 2.33. The minimum atomic E-state index is -0.224. The molecule has 2 aromatic rings. The fourth-order valence-corrected chi connectivity index (χ4v) is 3.80. The summed E-state index contributed by atoms with van der Waals surface area (Å²) in [6.45, 7) is 3.41. The van der Waals surface area contributed by atoms with Gasteiger partial charge in [0.1, 0.15) is 11.9 Å². The first kappa shape index (κ1) is 16.3. The monoisotopic (exact) mass is 344 g/mol. The molecular formula is C18H24N4O3. The largest absolute Gasteiger partial charge is 0.377 e. The number of rotatable bonds is 3. The molecule has 2 aliphatic rings. The van der Waals surface area contributed by atoms with Crippen molar-refractivity contribution < 1.29 is 14.1 Å². The Morgan fingerprint density at radius 3 is 2.92 bits per heavy atom. The molecule has 0 radical (unpaired) electrons. The van der Waals surface area contributed by atoms with E-state index in [-0.39, 0.29) is 11.9 Å². The Balaban J connectivity index is 1.53. The number of imidazole rings is 1. The highest BCUT2D eigenvalue weighted by Gasteiger charge is 2.33. The number of hydrogen-bond donors (Lipinski definition) is 1. The summed E-state index contributed by atoms with van der Waals surface area (Å²) in [5, 5.41) is 4.18. The Morgan fingerprint density at radius 1 is 1.32 bits per heavy atom. The number of hydrogen-bond acceptors (Lipinski definition) is 5. The van der Waals surface area contributed by atoms with Gasteiger partial charge in [0.15, 0.2) is 0 Å². The first-order valence-electron chi connectivity index (χ1n) is 9.09. The molecular weight excluding hydrogens is 320 g/mol. The number of nitrogens with one attached hydrogen (secondary N) is 1. The first-order valence-corrected chi connectivity index (χ1v) is 9.09. The van der Waals surface area contributed by atoms with Crippen LogP contribution in [0.2, 0.25) is 0 Å². The number of carbonyl (C=O) groups excluding carboxylic acids is 1. The number of morpholine rings is 1. The van der Waals surface area contributed by atoms with Crippen molar-refractivity contribution in [2.24, 2.45) is 0 Å². The first-order chi connectivity index (χ1) is 12.2. The second kappa shape index (κ2) is 7.00. The Kier molecular flexibility index (Phi) is 4.57. The summed E-state index contributed by atoms with van der Waals surface area (Å²) in [5.41, 5.74) is 1.88. The zero-order valence-corrected chi connectivity index (χ0v) is 14.5. The maximum atomic E-state index is 13.0. The SMILES string of the molecule is Cc1cnc(C2COCCN2C(=O)c2cc(C3CCCCC3)no2)[nH]1. The van der Waals surface area contributed by atoms with Crippen molar-refractivity contribution in [1.82, 2.24) is 20.0 Å². The molecule has 2 aromatic heterocycles. The van der Waals surface area contributed by atoms with Gasteiger partial charge in [-0.1, -0.05) is 24.4 Å². The zero-order valence-electron chi connectivity index (χ0n) is 14.5. The number of aryl methyl sites for hydroxylation is 1. The van der Waals surface area contributed by atoms with Gasteiger partial charge in [-0.2, -0.15) is 0 Å². The van der Waals surface area contributed by atoms with Crippen molar-refractivity contribution >= 4 is 5.91 Å². The summed E-state index contributed by atoms with van der Waals surface area (Å²) in [4.78, 5) is 22.3. The van der Waals surface area contributed by atoms with Gasteiger partial charge in [0.25, 0.3) is 5.91 Å². The molecule has 134 valence electrons. The van der Waals surface area contributed by atoms with Crippen molar-refractivity contribution in [3.63, 3.8) is 0 Å². The average Bonchev–Trinajstić information content (AvgIpc) is 3.31. The minimum absolute atomic E-state index is 0.142. The zero-order chi connectivity index (χ0) is 17.2. The molecule has 1 amide bonds. The van der Waals surface area contributed by atoms with Crippen molar-refractivity contribution in [3.05, 3.63) is 35.2 Å². The lowest BCUT2D eigenvalue weighted by Crippen LogP contribution is -2.43. The second-order valence-corrected chi connectivity index (χ2v) is 6.99. The van der Waals surface area contributed by atoms with Crippen LogP contribution >= 0.6 is 0 Å². The van der Waals surface area contributed by atoms with Crippen LogP contribution in [0.1, 0.15) is 71.8 Å². The van der Waals surface area contributed by atoms with E-state index in [0.29, 0.717) is 31.4 Å². The van der Waals surface area contributed by atoms with Crippen LogP contribution in [0.4, 0.5) is 0 Å². The molecule has 25 heavy (non-hydrogen) atoms. The number of aromatic nitrogens is 3. The molecule has 1 aliphatic carbocycles. The normalized spacial score (nSPS) is 22.3. The number of H-pyrrole nitrogens is 1. The molecule has 1 saturated carbocycles. The van der Waals surface area contributed by atoms with Crippen LogP contribution < -0.4 is 0 Å². The van der Waals surface area contributed by atoms with Crippen LogP contribution in [-0.2, 0) is 4.74 Å². The molecule has 1 N–H and O–H groups in total. The van der Waals surface area contributed by atoms with E-state index in [1.807, 2.05) is 13.0 Å². The molecule has 4 rings (SSSR count). The third-order valence-corrected chi connectivity index (χ3v) is 5.19. The second-order valence-electron chi connectivity index (χ2n) is 6.99. The Hall–Kier alpha value is -2.15. The number of carbonyl (C=O) groups is 1. The molecule has 2 fully saturated rings. The van der Waals surface area contributed by atoms with Gasteiger partial charge in [0.05, 0.1) is 18.9 Å². The molecule has 7 heteroatoms. The van der Waals surface area contributed by atoms with E-state index in [1.54, 1.807) is 11.1 Å². The summed E-state index contributed by atoms with van der Waals surface area (Å²) in [6.07, 6.45) is 7.77. The molecule has 7 nitrogen and oxygen atoms in total. The third kappa shape index (κ3) is 3.33. The van der Waals surface area contributed by atoms with E-state index in [1.165, 1.54) is 19.3 Å². The Bertz CT molecular complexity index is 732. The van der Waals surface area contributed by atoms with E-state index in [9.17, 15) is 4.79 Å². The van der Waals surface area contributed by atoms with E-state index in [0.717, 1.165) is 30.1 Å². The topological polar surface area (TPSA) is 84.2 Å².